The first-order valence-electron chi connectivity index (χ1n) is 10.5. The molecule has 1 heterocycles. The molecule has 6 rings (SSSR count). The number of rotatable bonds is 4. The quantitative estimate of drug-likeness (QED) is 0.755. The molecule has 2 aromatic rings. The fourth-order valence-corrected chi connectivity index (χ4v) is 6.62. The van der Waals surface area contributed by atoms with Crippen molar-refractivity contribution in [2.45, 2.75) is 64.0 Å². The number of carbonyl (C=O) groups is 1. The lowest BCUT2D eigenvalue weighted by Gasteiger charge is -2.62. The molecule has 28 heavy (non-hydrogen) atoms. The predicted molar refractivity (Wildman–Crippen MR) is 108 cm³/mol. The van der Waals surface area contributed by atoms with Crippen molar-refractivity contribution >= 4 is 5.91 Å². The van der Waals surface area contributed by atoms with Crippen LogP contribution in [0.5, 0.6) is 0 Å². The zero-order valence-corrected chi connectivity index (χ0v) is 16.7. The Morgan fingerprint density at radius 2 is 1.89 bits per heavy atom. The van der Waals surface area contributed by atoms with Gasteiger partial charge in [-0.05, 0) is 69.6 Å². The Hall–Kier alpha value is -2.14. The first-order valence-corrected chi connectivity index (χ1v) is 10.5. The number of benzene rings is 1. The summed E-state index contributed by atoms with van der Waals surface area (Å²) in [6, 6.07) is 9.90. The number of aromatic amines is 1. The second kappa shape index (κ2) is 6.18. The fourth-order valence-electron chi connectivity index (χ4n) is 6.62. The number of hydrogen-bond donors (Lipinski definition) is 3. The smallest absolute Gasteiger partial charge is 0.271 e. The molecule has 4 aliphatic carbocycles. The van der Waals surface area contributed by atoms with Crippen LogP contribution in [0.3, 0.4) is 0 Å². The van der Waals surface area contributed by atoms with Gasteiger partial charge in [0.25, 0.3) is 5.91 Å². The van der Waals surface area contributed by atoms with Crippen molar-refractivity contribution in [2.75, 3.05) is 0 Å². The van der Waals surface area contributed by atoms with E-state index in [0.29, 0.717) is 17.5 Å². The second-order valence-corrected chi connectivity index (χ2v) is 9.67. The predicted octanol–water partition coefficient (Wildman–Crippen LogP) is 3.83. The third kappa shape index (κ3) is 2.87. The van der Waals surface area contributed by atoms with Crippen LogP contribution in [0.4, 0.5) is 0 Å². The zero-order chi connectivity index (χ0) is 19.5. The molecule has 0 radical (unpaired) electrons. The first kappa shape index (κ1) is 17.9. The van der Waals surface area contributed by atoms with Gasteiger partial charge in [0.15, 0.2) is 0 Å². The summed E-state index contributed by atoms with van der Waals surface area (Å²) >= 11 is 0. The van der Waals surface area contributed by atoms with Crippen LogP contribution < -0.4 is 5.32 Å². The van der Waals surface area contributed by atoms with Crippen LogP contribution in [0.15, 0.2) is 30.3 Å². The molecule has 5 nitrogen and oxygen atoms in total. The van der Waals surface area contributed by atoms with Gasteiger partial charge in [0.05, 0.1) is 5.60 Å². The number of hydrogen-bond acceptors (Lipinski definition) is 3. The molecule has 4 fully saturated rings. The highest BCUT2D eigenvalue weighted by Crippen LogP contribution is 2.62. The molecule has 0 aliphatic heterocycles. The van der Waals surface area contributed by atoms with Gasteiger partial charge in [0, 0.05) is 17.3 Å². The molecular weight excluding hydrogens is 350 g/mol. The summed E-state index contributed by atoms with van der Waals surface area (Å²) in [5.41, 5.74) is 1.75. The molecular formula is C23H29N3O2. The molecule has 3 N–H and O–H groups in total. The second-order valence-electron chi connectivity index (χ2n) is 9.67. The van der Waals surface area contributed by atoms with E-state index in [-0.39, 0.29) is 17.4 Å². The molecule has 3 atom stereocenters. The highest BCUT2D eigenvalue weighted by atomic mass is 16.3. The van der Waals surface area contributed by atoms with E-state index in [2.05, 4.69) is 22.2 Å². The topological polar surface area (TPSA) is 78.0 Å². The van der Waals surface area contributed by atoms with Gasteiger partial charge in [-0.2, -0.15) is 0 Å². The van der Waals surface area contributed by atoms with Crippen LogP contribution in [0.25, 0.3) is 11.4 Å². The van der Waals surface area contributed by atoms with Gasteiger partial charge < -0.3 is 15.4 Å². The van der Waals surface area contributed by atoms with E-state index in [1.807, 2.05) is 37.3 Å². The molecule has 1 aromatic heterocycles. The number of aryl methyl sites for hydroxylation is 1. The summed E-state index contributed by atoms with van der Waals surface area (Å²) in [5.74, 6) is 1.83. The van der Waals surface area contributed by atoms with Gasteiger partial charge in [0.1, 0.15) is 11.5 Å². The van der Waals surface area contributed by atoms with Crippen molar-refractivity contribution in [1.82, 2.24) is 15.3 Å². The van der Waals surface area contributed by atoms with Crippen molar-refractivity contribution in [3.63, 3.8) is 0 Å². The Labute approximate surface area is 166 Å². The lowest BCUT2D eigenvalue weighted by molar-refractivity contribution is -0.171. The molecule has 4 aliphatic rings. The minimum Gasteiger partial charge on any atom is -0.390 e. The van der Waals surface area contributed by atoms with Gasteiger partial charge in [-0.3, -0.25) is 4.79 Å². The SMILES string of the molecule is Cc1[nH]c(-c2ccccc2)nc1C(=O)N[C@H](C)C12C[C@H]3C[C@@H](CC(O)(C3)C1)C2. The zero-order valence-electron chi connectivity index (χ0n) is 16.7. The minimum absolute atomic E-state index is 0.0287. The first-order chi connectivity index (χ1) is 13.4. The molecule has 0 saturated heterocycles. The van der Waals surface area contributed by atoms with Crippen LogP contribution in [0.1, 0.15) is 61.6 Å². The Morgan fingerprint density at radius 1 is 1.21 bits per heavy atom. The molecule has 4 saturated carbocycles. The Kier molecular flexibility index (Phi) is 3.96. The monoisotopic (exact) mass is 379 g/mol. The number of amides is 1. The summed E-state index contributed by atoms with van der Waals surface area (Å²) in [4.78, 5) is 20.9. The summed E-state index contributed by atoms with van der Waals surface area (Å²) < 4.78 is 0. The van der Waals surface area contributed by atoms with Crippen LogP contribution in [0.2, 0.25) is 0 Å². The maximum absolute atomic E-state index is 13.0. The van der Waals surface area contributed by atoms with E-state index in [0.717, 1.165) is 49.2 Å². The highest BCUT2D eigenvalue weighted by molar-refractivity contribution is 5.94. The van der Waals surface area contributed by atoms with Crippen LogP contribution >= 0.6 is 0 Å². The molecule has 4 bridgehead atoms. The van der Waals surface area contributed by atoms with Gasteiger partial charge in [-0.1, -0.05) is 30.3 Å². The number of carbonyl (C=O) groups excluding carboxylic acids is 1. The lowest BCUT2D eigenvalue weighted by Crippen LogP contribution is -2.61. The maximum Gasteiger partial charge on any atom is 0.271 e. The fraction of sp³-hybridized carbons (Fsp3) is 0.565. The molecule has 1 aromatic carbocycles. The summed E-state index contributed by atoms with van der Waals surface area (Å²) in [6.45, 7) is 4.01. The lowest BCUT2D eigenvalue weighted by atomic mass is 9.46. The molecule has 0 spiro atoms. The van der Waals surface area contributed by atoms with Crippen LogP contribution in [0, 0.1) is 24.2 Å². The normalized spacial score (nSPS) is 34.4. The van der Waals surface area contributed by atoms with Crippen molar-refractivity contribution in [3.05, 3.63) is 41.7 Å². The van der Waals surface area contributed by atoms with Crippen molar-refractivity contribution in [3.8, 4) is 11.4 Å². The van der Waals surface area contributed by atoms with Crippen molar-refractivity contribution < 1.29 is 9.90 Å². The average Bonchev–Trinajstić information content (AvgIpc) is 3.02. The Morgan fingerprint density at radius 3 is 2.54 bits per heavy atom. The summed E-state index contributed by atoms with van der Waals surface area (Å²) in [5, 5.41) is 14.3. The third-order valence-electron chi connectivity index (χ3n) is 7.49. The summed E-state index contributed by atoms with van der Waals surface area (Å²) in [6.07, 6.45) is 6.23. The number of aromatic nitrogens is 2. The van der Waals surface area contributed by atoms with Crippen LogP contribution in [-0.2, 0) is 0 Å². The minimum atomic E-state index is -0.508. The van der Waals surface area contributed by atoms with E-state index in [1.165, 1.54) is 6.42 Å². The van der Waals surface area contributed by atoms with E-state index in [9.17, 15) is 9.90 Å². The standard InChI is InChI=1S/C23H29N3O2/c1-14-19(26-20(24-14)18-6-4-3-5-7-18)21(27)25-15(2)22-9-16-8-17(10-22)12-23(28,11-16)13-22/h3-7,15-17,28H,8-13H2,1-2H3,(H,24,26)(H,25,27)/t15-,16-,17-,22?,23?/m1/s1. The summed E-state index contributed by atoms with van der Waals surface area (Å²) in [7, 11) is 0. The Balaban J connectivity index is 1.36. The van der Waals surface area contributed by atoms with E-state index in [4.69, 9.17) is 0 Å². The number of aliphatic hydroxyl groups is 1. The van der Waals surface area contributed by atoms with E-state index in [1.54, 1.807) is 0 Å². The third-order valence-corrected chi connectivity index (χ3v) is 7.49. The number of imidazole rings is 1. The van der Waals surface area contributed by atoms with Gasteiger partial charge in [-0.15, -0.1) is 0 Å². The molecule has 148 valence electrons. The van der Waals surface area contributed by atoms with Gasteiger partial charge in [-0.25, -0.2) is 4.98 Å². The Bertz CT molecular complexity index is 890. The maximum atomic E-state index is 13.0. The number of nitrogens with zero attached hydrogens (tertiary/aromatic N) is 1. The molecule has 0 unspecified atom stereocenters. The number of nitrogens with one attached hydrogen (secondary N) is 2. The van der Waals surface area contributed by atoms with E-state index < -0.39 is 5.60 Å². The number of H-pyrrole nitrogens is 1. The molecule has 5 heteroatoms. The highest BCUT2D eigenvalue weighted by Gasteiger charge is 2.59. The molecule has 1 amide bonds. The van der Waals surface area contributed by atoms with Gasteiger partial charge >= 0.3 is 0 Å². The largest absolute Gasteiger partial charge is 0.390 e. The van der Waals surface area contributed by atoms with Crippen LogP contribution in [-0.4, -0.2) is 32.6 Å². The average molecular weight is 380 g/mol. The van der Waals surface area contributed by atoms with Crippen molar-refractivity contribution in [2.24, 2.45) is 17.3 Å². The van der Waals surface area contributed by atoms with Crippen molar-refractivity contribution in [1.29, 1.82) is 0 Å². The van der Waals surface area contributed by atoms with E-state index >= 15 is 0 Å². The van der Waals surface area contributed by atoms with Gasteiger partial charge in [0.2, 0.25) is 0 Å².